The Kier molecular flexibility index (Phi) is 52.3. The molecule has 0 aliphatic carbocycles. The molecular formula is C66H107NO8. The number of carbonyl (C=O) groups is 3. The number of unbranched alkanes of at least 4 members (excludes halogenated alkanes) is 15. The summed E-state index contributed by atoms with van der Waals surface area (Å²) in [5, 5.41) is 11.8. The van der Waals surface area contributed by atoms with Gasteiger partial charge in [0.2, 0.25) is 0 Å². The molecule has 0 saturated carbocycles. The van der Waals surface area contributed by atoms with Gasteiger partial charge in [-0.25, -0.2) is 0 Å². The van der Waals surface area contributed by atoms with Crippen LogP contribution in [-0.2, 0) is 33.3 Å². The van der Waals surface area contributed by atoms with Crippen LogP contribution in [0.3, 0.4) is 0 Å². The van der Waals surface area contributed by atoms with E-state index >= 15 is 0 Å². The second-order valence-corrected chi connectivity index (χ2v) is 20.2. The van der Waals surface area contributed by atoms with Crippen LogP contribution in [0.4, 0.5) is 0 Å². The maximum absolute atomic E-state index is 12.9. The second kappa shape index (κ2) is 55.7. The van der Waals surface area contributed by atoms with E-state index in [1.165, 1.54) is 38.5 Å². The molecule has 424 valence electrons. The van der Waals surface area contributed by atoms with E-state index in [1.807, 2.05) is 21.1 Å². The predicted octanol–water partition coefficient (Wildman–Crippen LogP) is 16.1. The first-order valence-electron chi connectivity index (χ1n) is 29.3. The second-order valence-electron chi connectivity index (χ2n) is 20.2. The fraction of sp³-hybridized carbons (Fsp3) is 0.621. The minimum Gasteiger partial charge on any atom is -0.545 e. The van der Waals surface area contributed by atoms with Gasteiger partial charge >= 0.3 is 11.9 Å². The van der Waals surface area contributed by atoms with Crippen LogP contribution in [0.25, 0.3) is 0 Å². The molecule has 0 saturated heterocycles. The van der Waals surface area contributed by atoms with Gasteiger partial charge < -0.3 is 33.3 Å². The molecule has 0 aliphatic heterocycles. The van der Waals surface area contributed by atoms with E-state index in [1.54, 1.807) is 0 Å². The minimum absolute atomic E-state index is 0.135. The van der Waals surface area contributed by atoms with Gasteiger partial charge in [-0.05, 0) is 109 Å². The van der Waals surface area contributed by atoms with Crippen molar-refractivity contribution < 1.29 is 42.9 Å². The number of likely N-dealkylation sites (N-methyl/N-ethyl adjacent to an activating group) is 1. The van der Waals surface area contributed by atoms with E-state index in [2.05, 4.69) is 148 Å². The number of carboxylic acids is 1. The summed E-state index contributed by atoms with van der Waals surface area (Å²) >= 11 is 0. The zero-order valence-corrected chi connectivity index (χ0v) is 48.1. The van der Waals surface area contributed by atoms with Crippen molar-refractivity contribution in [3.05, 3.63) is 134 Å². The lowest BCUT2D eigenvalue weighted by Crippen LogP contribution is -2.44. The Labute approximate surface area is 459 Å². The Morgan fingerprint density at radius 2 is 0.720 bits per heavy atom. The number of ether oxygens (including phenoxy) is 4. The standard InChI is InChI=1S/C66H107NO8/c1-6-8-10-12-14-16-18-20-22-24-26-28-30-31-32-33-35-37-39-41-43-45-47-49-51-53-55-57-64(69)75-62(61-74-66(65(70)71)72-59-58-67(3,4)5)60-73-63(68)56-54-52-50-48-46-44-42-40-38-36-34-29-27-25-23-21-19-17-15-13-11-9-7-2/h8-11,14-17,20-23,26-29,31-32,35,37,41,43,62,66H,6-7,12-13,18-19,24-25,30,33-34,36,38-40,42,44-61H2,1-5H3/b10-8-,11-9-,16-14-,17-15-,22-20-,23-21-,28-26-,29-27-,32-31-,37-35-,43-41-. The van der Waals surface area contributed by atoms with Crippen molar-refractivity contribution in [2.45, 2.75) is 219 Å². The lowest BCUT2D eigenvalue weighted by molar-refractivity contribution is -0.870. The normalized spacial score (nSPS) is 13.8. The molecule has 0 heterocycles. The number of aliphatic carboxylic acids is 1. The highest BCUT2D eigenvalue weighted by atomic mass is 16.7. The molecule has 0 rings (SSSR count). The Morgan fingerprint density at radius 3 is 1.07 bits per heavy atom. The summed E-state index contributed by atoms with van der Waals surface area (Å²) in [6.45, 7) is 4.47. The van der Waals surface area contributed by atoms with Gasteiger partial charge in [0.25, 0.3) is 0 Å². The first kappa shape index (κ1) is 70.4. The number of rotatable bonds is 52. The Bertz CT molecular complexity index is 1690. The fourth-order valence-corrected chi connectivity index (χ4v) is 7.45. The third kappa shape index (κ3) is 57.0. The van der Waals surface area contributed by atoms with Crippen LogP contribution in [0.5, 0.6) is 0 Å². The first-order valence-corrected chi connectivity index (χ1v) is 29.3. The monoisotopic (exact) mass is 1040 g/mol. The molecule has 75 heavy (non-hydrogen) atoms. The minimum atomic E-state index is -1.64. The molecule has 0 radical (unpaired) electrons. The van der Waals surface area contributed by atoms with Crippen LogP contribution in [-0.4, -0.2) is 82.3 Å². The Balaban J connectivity index is 4.34. The quantitative estimate of drug-likeness (QED) is 0.0195. The van der Waals surface area contributed by atoms with Gasteiger partial charge in [-0.1, -0.05) is 218 Å². The smallest absolute Gasteiger partial charge is 0.306 e. The maximum atomic E-state index is 12.9. The number of carboxylic acid groups (broad SMARTS) is 1. The molecule has 2 unspecified atom stereocenters. The van der Waals surface area contributed by atoms with Gasteiger partial charge in [-0.2, -0.15) is 0 Å². The van der Waals surface area contributed by atoms with E-state index in [4.69, 9.17) is 18.9 Å². The SMILES string of the molecule is CC/C=C\C/C=C\C/C=C\C/C=C\C/C=C\C/C=C\C/C=C\CCCCCCCC(=O)OC(COC(=O)CCCCCCCCCCCC/C=C\C/C=C\C/C=C\C/C=C\CC)COC(OCC[N+](C)(C)C)C(=O)[O-]. The van der Waals surface area contributed by atoms with Gasteiger partial charge in [0.15, 0.2) is 12.4 Å². The molecule has 0 aliphatic rings. The van der Waals surface area contributed by atoms with E-state index < -0.39 is 24.3 Å². The van der Waals surface area contributed by atoms with Crippen LogP contribution in [0, 0.1) is 0 Å². The van der Waals surface area contributed by atoms with E-state index in [0.717, 1.165) is 135 Å². The van der Waals surface area contributed by atoms with Gasteiger partial charge in [0.05, 0.1) is 40.3 Å². The van der Waals surface area contributed by atoms with Crippen LogP contribution in [0.2, 0.25) is 0 Å². The van der Waals surface area contributed by atoms with Crippen LogP contribution < -0.4 is 5.11 Å². The van der Waals surface area contributed by atoms with E-state index in [0.29, 0.717) is 17.4 Å². The summed E-state index contributed by atoms with van der Waals surface area (Å²) in [5.74, 6) is -2.33. The number of hydrogen-bond donors (Lipinski definition) is 0. The lowest BCUT2D eigenvalue weighted by Gasteiger charge is -2.26. The molecule has 2 atom stereocenters. The summed E-state index contributed by atoms with van der Waals surface area (Å²) in [7, 11) is 5.90. The van der Waals surface area contributed by atoms with E-state index in [-0.39, 0.29) is 38.6 Å². The van der Waals surface area contributed by atoms with Crippen molar-refractivity contribution in [2.75, 3.05) is 47.5 Å². The topological polar surface area (TPSA) is 111 Å². The highest BCUT2D eigenvalue weighted by Crippen LogP contribution is 2.14. The largest absolute Gasteiger partial charge is 0.545 e. The maximum Gasteiger partial charge on any atom is 0.306 e. The number of quaternary nitrogens is 1. The average molecular weight is 1040 g/mol. The van der Waals surface area contributed by atoms with Gasteiger partial charge in [-0.3, -0.25) is 9.59 Å². The van der Waals surface area contributed by atoms with E-state index in [9.17, 15) is 19.5 Å². The Hall–Kier alpha value is -4.57. The first-order chi connectivity index (χ1) is 36.6. The molecule has 0 N–H and O–H groups in total. The van der Waals surface area contributed by atoms with Crippen LogP contribution in [0.15, 0.2) is 134 Å². The van der Waals surface area contributed by atoms with Crippen molar-refractivity contribution in [2.24, 2.45) is 0 Å². The third-order valence-electron chi connectivity index (χ3n) is 11.9. The summed E-state index contributed by atoms with van der Waals surface area (Å²) < 4.78 is 22.7. The van der Waals surface area contributed by atoms with Crippen molar-refractivity contribution in [3.63, 3.8) is 0 Å². The highest BCUT2D eigenvalue weighted by molar-refractivity contribution is 5.70. The molecule has 0 fully saturated rings. The van der Waals surface area contributed by atoms with Crippen LogP contribution in [0.1, 0.15) is 206 Å². The van der Waals surface area contributed by atoms with Crippen LogP contribution >= 0.6 is 0 Å². The summed E-state index contributed by atoms with van der Waals surface area (Å²) in [4.78, 5) is 37.3. The van der Waals surface area contributed by atoms with Crippen molar-refractivity contribution in [1.29, 1.82) is 0 Å². The zero-order chi connectivity index (χ0) is 54.8. The number of allylic oxidation sites excluding steroid dienone is 22. The molecule has 0 amide bonds. The summed E-state index contributed by atoms with van der Waals surface area (Å²) in [6.07, 6.45) is 76.3. The molecule has 0 spiro atoms. The third-order valence-corrected chi connectivity index (χ3v) is 11.9. The molecule has 0 bridgehead atoms. The highest BCUT2D eigenvalue weighted by Gasteiger charge is 2.22. The van der Waals surface area contributed by atoms with Gasteiger partial charge in [0.1, 0.15) is 13.2 Å². The molecular weight excluding hydrogens is 935 g/mol. The lowest BCUT2D eigenvalue weighted by atomic mass is 10.1. The Morgan fingerprint density at radius 1 is 0.400 bits per heavy atom. The average Bonchev–Trinajstić information content (AvgIpc) is 3.38. The molecule has 9 nitrogen and oxygen atoms in total. The predicted molar refractivity (Wildman–Crippen MR) is 315 cm³/mol. The van der Waals surface area contributed by atoms with Gasteiger partial charge in [-0.15, -0.1) is 0 Å². The summed E-state index contributed by atoms with van der Waals surface area (Å²) in [5.41, 5.74) is 0. The molecule has 0 aromatic rings. The molecule has 9 heteroatoms. The number of nitrogens with zero attached hydrogens (tertiary/aromatic N) is 1. The summed E-state index contributed by atoms with van der Waals surface area (Å²) in [6, 6.07) is 0. The van der Waals surface area contributed by atoms with Crippen molar-refractivity contribution in [1.82, 2.24) is 0 Å². The number of esters is 2. The zero-order valence-electron chi connectivity index (χ0n) is 48.1. The fourth-order valence-electron chi connectivity index (χ4n) is 7.45. The van der Waals surface area contributed by atoms with Gasteiger partial charge in [0, 0.05) is 12.8 Å². The molecule has 0 aromatic carbocycles. The number of hydrogen-bond acceptors (Lipinski definition) is 8. The number of carbonyl (C=O) groups excluding carboxylic acids is 3. The van der Waals surface area contributed by atoms with Crippen molar-refractivity contribution >= 4 is 17.9 Å². The van der Waals surface area contributed by atoms with Crippen molar-refractivity contribution in [3.8, 4) is 0 Å². The molecule has 0 aromatic heterocycles.